The van der Waals surface area contributed by atoms with E-state index >= 15 is 0 Å². The fourth-order valence-corrected chi connectivity index (χ4v) is 2.21. The average molecular weight is 307 g/mol. The third-order valence-electron chi connectivity index (χ3n) is 3.34. The molecular weight excluding hydrogens is 286 g/mol. The number of benzene rings is 2. The van der Waals surface area contributed by atoms with Crippen molar-refractivity contribution in [3.63, 3.8) is 0 Å². The predicted molar refractivity (Wildman–Crippen MR) is 93.4 cm³/mol. The SMILES string of the molecule is COc1cc(/C=C(/C#N)c2ccc(C)cc2)ccc1OC(C)C. The lowest BCUT2D eigenvalue weighted by Gasteiger charge is -2.14. The van der Waals surface area contributed by atoms with Crippen molar-refractivity contribution in [3.8, 4) is 17.6 Å². The summed E-state index contributed by atoms with van der Waals surface area (Å²) < 4.78 is 11.1. The van der Waals surface area contributed by atoms with E-state index < -0.39 is 0 Å². The van der Waals surface area contributed by atoms with Gasteiger partial charge in [0, 0.05) is 0 Å². The molecule has 0 heterocycles. The summed E-state index contributed by atoms with van der Waals surface area (Å²) in [6.45, 7) is 5.97. The monoisotopic (exact) mass is 307 g/mol. The van der Waals surface area contributed by atoms with Crippen LogP contribution in [0.3, 0.4) is 0 Å². The first-order valence-electron chi connectivity index (χ1n) is 7.57. The van der Waals surface area contributed by atoms with Crippen molar-refractivity contribution in [2.24, 2.45) is 0 Å². The number of methoxy groups -OCH3 is 1. The Kier molecular flexibility index (Phi) is 5.43. The summed E-state index contributed by atoms with van der Waals surface area (Å²) in [5.41, 5.74) is 3.59. The van der Waals surface area contributed by atoms with Crippen LogP contribution in [0.4, 0.5) is 0 Å². The summed E-state index contributed by atoms with van der Waals surface area (Å²) in [6.07, 6.45) is 1.93. The topological polar surface area (TPSA) is 42.2 Å². The number of hydrogen-bond donors (Lipinski definition) is 0. The van der Waals surface area contributed by atoms with Gasteiger partial charge in [-0.3, -0.25) is 0 Å². The molecule has 0 aliphatic rings. The Hall–Kier alpha value is -2.73. The lowest BCUT2D eigenvalue weighted by Crippen LogP contribution is -2.06. The first-order chi connectivity index (χ1) is 11.0. The van der Waals surface area contributed by atoms with Gasteiger partial charge >= 0.3 is 0 Å². The van der Waals surface area contributed by atoms with Crippen LogP contribution < -0.4 is 9.47 Å². The molecular formula is C20H21NO2. The summed E-state index contributed by atoms with van der Waals surface area (Å²) in [7, 11) is 1.61. The molecule has 3 nitrogen and oxygen atoms in total. The van der Waals surface area contributed by atoms with Crippen LogP contribution in [0.1, 0.15) is 30.5 Å². The Bertz CT molecular complexity index is 737. The van der Waals surface area contributed by atoms with Crippen LogP contribution in [0, 0.1) is 18.3 Å². The second kappa shape index (κ2) is 7.51. The van der Waals surface area contributed by atoms with Crippen LogP contribution in [0.2, 0.25) is 0 Å². The summed E-state index contributed by atoms with van der Waals surface area (Å²) >= 11 is 0. The number of nitrogens with zero attached hydrogens (tertiary/aromatic N) is 1. The summed E-state index contributed by atoms with van der Waals surface area (Å²) in [5, 5.41) is 9.44. The van der Waals surface area contributed by atoms with Gasteiger partial charge in [-0.25, -0.2) is 0 Å². The number of nitriles is 1. The molecule has 0 aliphatic carbocycles. The van der Waals surface area contributed by atoms with Gasteiger partial charge in [0.2, 0.25) is 0 Å². The van der Waals surface area contributed by atoms with Crippen molar-refractivity contribution < 1.29 is 9.47 Å². The van der Waals surface area contributed by atoms with Crippen molar-refractivity contribution in [1.29, 1.82) is 5.26 Å². The number of rotatable bonds is 5. The van der Waals surface area contributed by atoms with E-state index in [9.17, 15) is 5.26 Å². The van der Waals surface area contributed by atoms with Gasteiger partial charge in [0.15, 0.2) is 11.5 Å². The van der Waals surface area contributed by atoms with Crippen molar-refractivity contribution in [2.45, 2.75) is 26.9 Å². The second-order valence-electron chi connectivity index (χ2n) is 5.61. The lowest BCUT2D eigenvalue weighted by atomic mass is 10.0. The molecule has 0 aliphatic heterocycles. The van der Waals surface area contributed by atoms with Gasteiger partial charge in [0.1, 0.15) is 0 Å². The highest BCUT2D eigenvalue weighted by molar-refractivity contribution is 5.89. The van der Waals surface area contributed by atoms with E-state index in [-0.39, 0.29) is 6.10 Å². The standard InChI is InChI=1S/C20H21NO2/c1-14(2)23-19-10-7-16(12-20(19)22-4)11-18(13-21)17-8-5-15(3)6-9-17/h5-12,14H,1-4H3/b18-11-. The molecule has 0 atom stereocenters. The molecule has 0 radical (unpaired) electrons. The minimum Gasteiger partial charge on any atom is -0.493 e. The highest BCUT2D eigenvalue weighted by Gasteiger charge is 2.08. The molecule has 0 saturated carbocycles. The molecule has 118 valence electrons. The minimum atomic E-state index is 0.0764. The third-order valence-corrected chi connectivity index (χ3v) is 3.34. The lowest BCUT2D eigenvalue weighted by molar-refractivity contribution is 0.230. The summed E-state index contributed by atoms with van der Waals surface area (Å²) in [4.78, 5) is 0. The van der Waals surface area contributed by atoms with Gasteiger partial charge in [-0.15, -0.1) is 0 Å². The largest absolute Gasteiger partial charge is 0.493 e. The fraction of sp³-hybridized carbons (Fsp3) is 0.250. The Balaban J connectivity index is 2.36. The number of aryl methyl sites for hydroxylation is 1. The maximum absolute atomic E-state index is 9.44. The van der Waals surface area contributed by atoms with Crippen molar-refractivity contribution >= 4 is 11.6 Å². The quantitative estimate of drug-likeness (QED) is 0.585. The number of ether oxygens (including phenoxy) is 2. The predicted octanol–water partition coefficient (Wildman–Crippen LogP) is 4.86. The summed E-state index contributed by atoms with van der Waals surface area (Å²) in [5.74, 6) is 1.36. The van der Waals surface area contributed by atoms with E-state index in [1.165, 1.54) is 5.56 Å². The van der Waals surface area contributed by atoms with Crippen LogP contribution in [0.5, 0.6) is 11.5 Å². The molecule has 0 fully saturated rings. The molecule has 2 aromatic rings. The van der Waals surface area contributed by atoms with Gasteiger partial charge in [-0.1, -0.05) is 35.9 Å². The first kappa shape index (κ1) is 16.6. The molecule has 0 bridgehead atoms. The third kappa shape index (κ3) is 4.37. The molecule has 3 heteroatoms. The second-order valence-corrected chi connectivity index (χ2v) is 5.61. The van der Waals surface area contributed by atoms with E-state index in [4.69, 9.17) is 9.47 Å². The summed E-state index contributed by atoms with van der Waals surface area (Å²) in [6, 6.07) is 15.8. The molecule has 2 rings (SSSR count). The van der Waals surface area contributed by atoms with E-state index in [2.05, 4.69) is 6.07 Å². The average Bonchev–Trinajstić information content (AvgIpc) is 2.54. The van der Waals surface area contributed by atoms with E-state index in [0.717, 1.165) is 11.1 Å². The maximum Gasteiger partial charge on any atom is 0.161 e. The van der Waals surface area contributed by atoms with Gasteiger partial charge in [0.05, 0.1) is 24.9 Å². The normalized spacial score (nSPS) is 11.2. The molecule has 0 unspecified atom stereocenters. The Labute approximate surface area is 137 Å². The van der Waals surface area contributed by atoms with E-state index in [0.29, 0.717) is 17.1 Å². The van der Waals surface area contributed by atoms with Crippen LogP contribution in [0.15, 0.2) is 42.5 Å². The van der Waals surface area contributed by atoms with Crippen LogP contribution in [0.25, 0.3) is 11.6 Å². The van der Waals surface area contributed by atoms with Gasteiger partial charge in [-0.2, -0.15) is 5.26 Å². The molecule has 23 heavy (non-hydrogen) atoms. The highest BCUT2D eigenvalue weighted by atomic mass is 16.5. The first-order valence-corrected chi connectivity index (χ1v) is 7.57. The molecule has 0 saturated heterocycles. The minimum absolute atomic E-state index is 0.0764. The van der Waals surface area contributed by atoms with Crippen molar-refractivity contribution in [1.82, 2.24) is 0 Å². The maximum atomic E-state index is 9.44. The zero-order valence-corrected chi connectivity index (χ0v) is 14.0. The highest BCUT2D eigenvalue weighted by Crippen LogP contribution is 2.30. The Morgan fingerprint density at radius 2 is 1.78 bits per heavy atom. The van der Waals surface area contributed by atoms with Crippen molar-refractivity contribution in [2.75, 3.05) is 7.11 Å². The van der Waals surface area contributed by atoms with Gasteiger partial charge < -0.3 is 9.47 Å². The van der Waals surface area contributed by atoms with Gasteiger partial charge in [0.25, 0.3) is 0 Å². The fourth-order valence-electron chi connectivity index (χ4n) is 2.21. The molecule has 2 aromatic carbocycles. The zero-order valence-electron chi connectivity index (χ0n) is 14.0. The van der Waals surface area contributed by atoms with Gasteiger partial charge in [-0.05, 0) is 50.1 Å². The molecule has 0 amide bonds. The Morgan fingerprint density at radius 3 is 2.35 bits per heavy atom. The van der Waals surface area contributed by atoms with Crippen LogP contribution in [-0.2, 0) is 0 Å². The number of allylic oxidation sites excluding steroid dienone is 1. The Morgan fingerprint density at radius 1 is 1.09 bits per heavy atom. The van der Waals surface area contributed by atoms with Crippen LogP contribution in [-0.4, -0.2) is 13.2 Å². The molecule has 0 N–H and O–H groups in total. The van der Waals surface area contributed by atoms with Crippen LogP contribution >= 0.6 is 0 Å². The zero-order chi connectivity index (χ0) is 16.8. The van der Waals surface area contributed by atoms with E-state index in [1.54, 1.807) is 7.11 Å². The molecule has 0 aromatic heterocycles. The molecule has 0 spiro atoms. The number of hydrogen-bond acceptors (Lipinski definition) is 3. The van der Waals surface area contributed by atoms with Crippen molar-refractivity contribution in [3.05, 3.63) is 59.2 Å². The van der Waals surface area contributed by atoms with E-state index in [1.807, 2.05) is 69.3 Å². The smallest absolute Gasteiger partial charge is 0.161 e.